The molecule has 14 heavy (non-hydrogen) atoms. The molecule has 79 valence electrons. The third-order valence-electron chi connectivity index (χ3n) is 2.01. The fraction of sp³-hybridized carbons (Fsp3) is 0.364. The first-order valence-electron chi connectivity index (χ1n) is 4.54. The number of carboxylic acid groups (broad SMARTS) is 1. The Hall–Kier alpha value is -0.791. The van der Waals surface area contributed by atoms with Crippen LogP contribution in [-0.4, -0.2) is 5.97 Å². The van der Waals surface area contributed by atoms with Crippen LogP contribution in [0.3, 0.4) is 0 Å². The summed E-state index contributed by atoms with van der Waals surface area (Å²) >= 11 is 0. The van der Waals surface area contributed by atoms with E-state index in [0.717, 1.165) is 19.3 Å². The van der Waals surface area contributed by atoms with E-state index in [4.69, 9.17) is 0 Å². The summed E-state index contributed by atoms with van der Waals surface area (Å²) in [5.74, 6) is -1.11. The van der Waals surface area contributed by atoms with Gasteiger partial charge in [0.25, 0.3) is 0 Å². The van der Waals surface area contributed by atoms with Crippen LogP contribution in [0.15, 0.2) is 24.3 Å². The first kappa shape index (κ1) is 13.2. The van der Waals surface area contributed by atoms with E-state index in [9.17, 15) is 9.90 Å². The van der Waals surface area contributed by atoms with Crippen molar-refractivity contribution in [3.63, 3.8) is 0 Å². The van der Waals surface area contributed by atoms with E-state index in [1.54, 1.807) is 12.1 Å². The molecule has 1 aromatic carbocycles. The maximum absolute atomic E-state index is 10.4. The van der Waals surface area contributed by atoms with Crippen molar-refractivity contribution in [1.82, 2.24) is 0 Å². The van der Waals surface area contributed by atoms with Gasteiger partial charge < -0.3 is 9.90 Å². The molecule has 0 saturated heterocycles. The molecular weight excluding hydrogens is 228 g/mol. The molecule has 0 bridgehead atoms. The van der Waals surface area contributed by atoms with Crippen LogP contribution < -0.4 is 5.11 Å². The van der Waals surface area contributed by atoms with Crippen molar-refractivity contribution < 1.29 is 27.0 Å². The molecule has 0 heterocycles. The molecule has 0 fully saturated rings. The van der Waals surface area contributed by atoms with Crippen molar-refractivity contribution in [2.45, 2.75) is 26.2 Å². The topological polar surface area (TPSA) is 40.1 Å². The first-order chi connectivity index (χ1) is 6.24. The van der Waals surface area contributed by atoms with Crippen molar-refractivity contribution in [2.75, 3.05) is 0 Å². The molecule has 0 unspecified atom stereocenters. The molecule has 0 aliphatic carbocycles. The molecule has 0 aliphatic rings. The van der Waals surface area contributed by atoms with Gasteiger partial charge in [0.1, 0.15) is 0 Å². The summed E-state index contributed by atoms with van der Waals surface area (Å²) in [7, 11) is 0. The van der Waals surface area contributed by atoms with Gasteiger partial charge in [0.05, 0.1) is 5.97 Å². The molecule has 0 N–H and O–H groups in total. The Morgan fingerprint density at radius 1 is 1.29 bits per heavy atom. The Morgan fingerprint density at radius 2 is 1.86 bits per heavy atom. The van der Waals surface area contributed by atoms with Crippen molar-refractivity contribution >= 4 is 5.97 Å². The second kappa shape index (κ2) is 6.63. The number of aryl methyl sites for hydroxylation is 1. The van der Waals surface area contributed by atoms with Crippen molar-refractivity contribution in [3.8, 4) is 0 Å². The van der Waals surface area contributed by atoms with Crippen LogP contribution in [0.1, 0.15) is 35.7 Å². The zero-order valence-electron chi connectivity index (χ0n) is 8.05. The average molecular weight is 241 g/mol. The zero-order chi connectivity index (χ0) is 9.68. The third kappa shape index (κ3) is 3.95. The molecule has 0 aliphatic heterocycles. The maximum Gasteiger partial charge on any atom is 2.00 e. The molecule has 0 atom stereocenters. The quantitative estimate of drug-likeness (QED) is 0.747. The van der Waals surface area contributed by atoms with E-state index in [1.165, 1.54) is 5.56 Å². The molecule has 0 aromatic heterocycles. The fourth-order valence-corrected chi connectivity index (χ4v) is 1.19. The van der Waals surface area contributed by atoms with E-state index in [1.807, 2.05) is 12.1 Å². The van der Waals surface area contributed by atoms with Gasteiger partial charge in [0.2, 0.25) is 0 Å². The standard InChI is InChI=1S/C11H14O2.Cu/c1-2-3-4-9-5-7-10(8-6-9)11(12)13;/h5-8H,2-4H2,1H3,(H,12,13);/q;+2/p-1. The second-order valence-corrected chi connectivity index (χ2v) is 3.09. The minimum Gasteiger partial charge on any atom is -0.545 e. The number of hydrogen-bond donors (Lipinski definition) is 0. The normalized spacial score (nSPS) is 9.21. The number of aromatic carboxylic acids is 1. The second-order valence-electron chi connectivity index (χ2n) is 3.09. The van der Waals surface area contributed by atoms with Crippen LogP contribution in [-0.2, 0) is 23.5 Å². The molecule has 3 heteroatoms. The first-order valence-corrected chi connectivity index (χ1v) is 4.54. The molecule has 1 aromatic rings. The number of carboxylic acids is 1. The van der Waals surface area contributed by atoms with E-state index in [2.05, 4.69) is 6.92 Å². The summed E-state index contributed by atoms with van der Waals surface area (Å²) < 4.78 is 0. The molecule has 1 rings (SSSR count). The fourth-order valence-electron chi connectivity index (χ4n) is 1.19. The van der Waals surface area contributed by atoms with E-state index < -0.39 is 5.97 Å². The Bertz CT molecular complexity index is 280. The summed E-state index contributed by atoms with van der Waals surface area (Å²) in [5.41, 5.74) is 1.44. The minimum atomic E-state index is -1.11. The SMILES string of the molecule is CCCCc1ccc(C(=O)[O-])cc1.[Cu+2]. The van der Waals surface area contributed by atoms with Crippen LogP contribution >= 0.6 is 0 Å². The van der Waals surface area contributed by atoms with Crippen molar-refractivity contribution in [1.29, 1.82) is 0 Å². The number of rotatable bonds is 4. The predicted molar refractivity (Wildman–Crippen MR) is 49.4 cm³/mol. The zero-order valence-corrected chi connectivity index (χ0v) is 8.99. The summed E-state index contributed by atoms with van der Waals surface area (Å²) in [6, 6.07) is 6.89. The van der Waals surface area contributed by atoms with Crippen molar-refractivity contribution in [2.24, 2.45) is 0 Å². The summed E-state index contributed by atoms with van der Waals surface area (Å²) in [6.07, 6.45) is 3.32. The molecule has 2 nitrogen and oxygen atoms in total. The summed E-state index contributed by atoms with van der Waals surface area (Å²) in [4.78, 5) is 10.4. The van der Waals surface area contributed by atoms with Crippen molar-refractivity contribution in [3.05, 3.63) is 35.4 Å². The van der Waals surface area contributed by atoms with E-state index >= 15 is 0 Å². The van der Waals surface area contributed by atoms with Crippen LogP contribution in [0.5, 0.6) is 0 Å². The van der Waals surface area contributed by atoms with Crippen LogP contribution in [0.2, 0.25) is 0 Å². The van der Waals surface area contributed by atoms with E-state index in [0.29, 0.717) is 0 Å². The van der Waals surface area contributed by atoms with Gasteiger partial charge in [-0.2, -0.15) is 0 Å². The Kier molecular flexibility index (Phi) is 6.26. The van der Waals surface area contributed by atoms with Gasteiger partial charge >= 0.3 is 17.1 Å². The Morgan fingerprint density at radius 3 is 2.29 bits per heavy atom. The van der Waals surface area contributed by atoms with Gasteiger partial charge in [-0.25, -0.2) is 0 Å². The van der Waals surface area contributed by atoms with Gasteiger partial charge in [0, 0.05) is 0 Å². The third-order valence-corrected chi connectivity index (χ3v) is 2.01. The Balaban J connectivity index is 0.00000169. The molecule has 1 radical (unpaired) electrons. The predicted octanol–water partition coefficient (Wildman–Crippen LogP) is 1.39. The maximum atomic E-state index is 10.4. The van der Waals surface area contributed by atoms with Crippen LogP contribution in [0.4, 0.5) is 0 Å². The average Bonchev–Trinajstić information content (AvgIpc) is 2.15. The smallest absolute Gasteiger partial charge is 0.545 e. The largest absolute Gasteiger partial charge is 2.00 e. The van der Waals surface area contributed by atoms with Gasteiger partial charge in [-0.3, -0.25) is 0 Å². The Labute approximate surface area is 94.8 Å². The summed E-state index contributed by atoms with van der Waals surface area (Å²) in [5, 5.41) is 10.4. The number of benzene rings is 1. The van der Waals surface area contributed by atoms with Gasteiger partial charge in [-0.1, -0.05) is 37.6 Å². The summed E-state index contributed by atoms with van der Waals surface area (Å²) in [6.45, 7) is 2.13. The number of hydrogen-bond acceptors (Lipinski definition) is 2. The monoisotopic (exact) mass is 240 g/mol. The van der Waals surface area contributed by atoms with Gasteiger partial charge in [-0.05, 0) is 24.0 Å². The number of unbranched alkanes of at least 4 members (excludes halogenated alkanes) is 1. The van der Waals surface area contributed by atoms with Gasteiger partial charge in [0.15, 0.2) is 0 Å². The molecular formula is C11H13CuO2+. The van der Waals surface area contributed by atoms with Gasteiger partial charge in [-0.15, -0.1) is 0 Å². The number of carbonyl (C=O) groups is 1. The molecule has 0 spiro atoms. The van der Waals surface area contributed by atoms with E-state index in [-0.39, 0.29) is 22.6 Å². The minimum absolute atomic E-state index is 0. The molecule has 0 amide bonds. The molecule has 0 saturated carbocycles. The van der Waals surface area contributed by atoms with Crippen LogP contribution in [0.25, 0.3) is 0 Å². The van der Waals surface area contributed by atoms with Crippen LogP contribution in [0, 0.1) is 0 Å². The number of carbonyl (C=O) groups excluding carboxylic acids is 1.